The van der Waals surface area contributed by atoms with E-state index in [-0.39, 0.29) is 32.3 Å². The molecule has 0 unspecified atom stereocenters. The van der Waals surface area contributed by atoms with Gasteiger partial charge in [0.05, 0.1) is 13.2 Å². The molecule has 0 spiro atoms. The number of nitrogens with zero attached hydrogens (tertiary/aromatic N) is 1. The Bertz CT molecular complexity index is 627. The monoisotopic (exact) mass is 688 g/mol. The Kier molecular flexibility index (Phi) is 44.6. The summed E-state index contributed by atoms with van der Waals surface area (Å²) in [5.41, 5.74) is 0. The van der Waals surface area contributed by atoms with Gasteiger partial charge in [-0.15, -0.1) is 0 Å². The molecule has 0 bridgehead atoms. The van der Waals surface area contributed by atoms with Gasteiger partial charge in [0.1, 0.15) is 13.2 Å². The van der Waals surface area contributed by atoms with Crippen molar-refractivity contribution < 1.29 is 34.6 Å². The lowest BCUT2D eigenvalue weighted by atomic mass is 10.0. The standard InChI is InChI=1S/C22H45NO5.C18H36O2/c1-2-3-4-5-6-7-8-9-10-11-12-13-14-15-16-17-22(26)23(27-20-18-24)28-21-19-25;1-2-3-4-5-6-7-8-9-10-11-12-13-14-15-16-17-18(19)20/h24-25H,2-21H2,1H3;2-17H2,1H3,(H,19,20). The van der Waals surface area contributed by atoms with Crippen molar-refractivity contribution in [3.63, 3.8) is 0 Å². The number of carbonyl (C=O) groups excluding carboxylic acids is 1. The summed E-state index contributed by atoms with van der Waals surface area (Å²) in [6.45, 7) is 4.15. The van der Waals surface area contributed by atoms with Crippen molar-refractivity contribution in [2.24, 2.45) is 0 Å². The number of carboxylic acid groups (broad SMARTS) is 1. The highest BCUT2D eigenvalue weighted by Crippen LogP contribution is 2.15. The molecule has 0 atom stereocenters. The van der Waals surface area contributed by atoms with Crippen LogP contribution in [0.1, 0.15) is 219 Å². The van der Waals surface area contributed by atoms with E-state index < -0.39 is 5.97 Å². The van der Waals surface area contributed by atoms with Gasteiger partial charge >= 0.3 is 5.97 Å². The fourth-order valence-corrected chi connectivity index (χ4v) is 5.82. The van der Waals surface area contributed by atoms with Crippen molar-refractivity contribution in [1.29, 1.82) is 0 Å². The summed E-state index contributed by atoms with van der Waals surface area (Å²) >= 11 is 0. The maximum absolute atomic E-state index is 12.0. The highest BCUT2D eigenvalue weighted by atomic mass is 17.0. The number of amides is 1. The Morgan fingerprint density at radius 3 is 0.917 bits per heavy atom. The number of aliphatic hydroxyl groups is 2. The molecule has 0 aromatic carbocycles. The van der Waals surface area contributed by atoms with Crippen molar-refractivity contribution in [2.45, 2.75) is 219 Å². The molecule has 0 aliphatic rings. The van der Waals surface area contributed by atoms with Gasteiger partial charge in [-0.25, -0.2) is 9.68 Å². The van der Waals surface area contributed by atoms with Crippen LogP contribution in [0.25, 0.3) is 0 Å². The van der Waals surface area contributed by atoms with Crippen LogP contribution in [0.15, 0.2) is 0 Å². The van der Waals surface area contributed by atoms with E-state index in [1.807, 2.05) is 0 Å². The topological polar surface area (TPSA) is 117 Å². The van der Waals surface area contributed by atoms with E-state index >= 15 is 0 Å². The number of carbonyl (C=O) groups is 2. The number of carboxylic acids is 1. The second kappa shape index (κ2) is 43.8. The predicted octanol–water partition coefficient (Wildman–Crippen LogP) is 11.3. The number of aliphatic hydroxyl groups excluding tert-OH is 2. The van der Waals surface area contributed by atoms with Crippen LogP contribution in [-0.4, -0.2) is 58.9 Å². The molecular formula is C40H81NO7. The molecule has 1 amide bonds. The molecule has 0 aliphatic carbocycles. The minimum absolute atomic E-state index is 0.00394. The van der Waals surface area contributed by atoms with Gasteiger partial charge in [-0.3, -0.25) is 9.59 Å². The molecule has 3 N–H and O–H groups in total. The van der Waals surface area contributed by atoms with Crippen molar-refractivity contribution in [2.75, 3.05) is 26.4 Å². The lowest BCUT2D eigenvalue weighted by Crippen LogP contribution is -2.33. The molecule has 0 aromatic rings. The molecule has 0 rings (SSSR count). The molecule has 8 heteroatoms. The fraction of sp³-hybridized carbons (Fsp3) is 0.950. The minimum Gasteiger partial charge on any atom is -0.481 e. The summed E-state index contributed by atoms with van der Waals surface area (Å²) in [6, 6.07) is 0. The zero-order valence-corrected chi connectivity index (χ0v) is 31.9. The molecular weight excluding hydrogens is 606 g/mol. The van der Waals surface area contributed by atoms with Gasteiger partial charge in [0.15, 0.2) is 0 Å². The van der Waals surface area contributed by atoms with Crippen LogP contribution >= 0.6 is 0 Å². The average Bonchev–Trinajstić information content (AvgIpc) is 3.08. The number of aliphatic carboxylic acids is 1. The predicted molar refractivity (Wildman–Crippen MR) is 200 cm³/mol. The first-order chi connectivity index (χ1) is 23.5. The highest BCUT2D eigenvalue weighted by Gasteiger charge is 2.15. The molecule has 288 valence electrons. The minimum atomic E-state index is -0.653. The van der Waals surface area contributed by atoms with Crippen LogP contribution in [0.3, 0.4) is 0 Å². The third kappa shape index (κ3) is 42.8. The van der Waals surface area contributed by atoms with Crippen LogP contribution in [0.4, 0.5) is 0 Å². The zero-order chi connectivity index (χ0) is 35.6. The van der Waals surface area contributed by atoms with Crippen molar-refractivity contribution in [3.05, 3.63) is 0 Å². The summed E-state index contributed by atoms with van der Waals surface area (Å²) in [5, 5.41) is 26.9. The lowest BCUT2D eigenvalue weighted by Gasteiger charge is -2.19. The summed E-state index contributed by atoms with van der Waals surface area (Å²) in [5.74, 6) is -0.920. The number of rotatable bonds is 38. The highest BCUT2D eigenvalue weighted by molar-refractivity contribution is 5.73. The number of hydrogen-bond donors (Lipinski definition) is 3. The Morgan fingerprint density at radius 2 is 0.667 bits per heavy atom. The maximum atomic E-state index is 12.0. The summed E-state index contributed by atoms with van der Waals surface area (Å²) in [4.78, 5) is 32.4. The van der Waals surface area contributed by atoms with Crippen molar-refractivity contribution in [3.8, 4) is 0 Å². The molecule has 8 nitrogen and oxygen atoms in total. The second-order valence-corrected chi connectivity index (χ2v) is 13.6. The average molecular weight is 688 g/mol. The van der Waals surface area contributed by atoms with Gasteiger partial charge in [-0.05, 0) is 12.8 Å². The van der Waals surface area contributed by atoms with Crippen LogP contribution in [0, 0.1) is 0 Å². The van der Waals surface area contributed by atoms with E-state index in [0.29, 0.717) is 12.8 Å². The van der Waals surface area contributed by atoms with E-state index in [2.05, 4.69) is 13.8 Å². The van der Waals surface area contributed by atoms with Crippen LogP contribution in [0.5, 0.6) is 0 Å². The van der Waals surface area contributed by atoms with E-state index in [4.69, 9.17) is 25.0 Å². The molecule has 0 fully saturated rings. The van der Waals surface area contributed by atoms with Gasteiger partial charge in [0, 0.05) is 12.8 Å². The van der Waals surface area contributed by atoms with Gasteiger partial charge in [-0.1, -0.05) is 199 Å². The van der Waals surface area contributed by atoms with Crippen LogP contribution < -0.4 is 0 Å². The quantitative estimate of drug-likeness (QED) is 0.0437. The first-order valence-corrected chi connectivity index (χ1v) is 20.6. The van der Waals surface area contributed by atoms with E-state index in [1.165, 1.54) is 161 Å². The fourth-order valence-electron chi connectivity index (χ4n) is 5.82. The molecule has 48 heavy (non-hydrogen) atoms. The number of unbranched alkanes of at least 4 members (excludes halogenated alkanes) is 28. The Morgan fingerprint density at radius 1 is 0.417 bits per heavy atom. The number of hydrogen-bond acceptors (Lipinski definition) is 6. The summed E-state index contributed by atoms with van der Waals surface area (Å²) in [6.07, 6.45) is 39.8. The van der Waals surface area contributed by atoms with Gasteiger partial charge < -0.3 is 15.3 Å². The number of hydroxylamine groups is 2. The third-order valence-corrected chi connectivity index (χ3v) is 8.79. The summed E-state index contributed by atoms with van der Waals surface area (Å²) in [7, 11) is 0. The molecule has 0 saturated carbocycles. The van der Waals surface area contributed by atoms with E-state index in [1.54, 1.807) is 0 Å². The largest absolute Gasteiger partial charge is 0.481 e. The normalized spacial score (nSPS) is 11.0. The van der Waals surface area contributed by atoms with E-state index in [0.717, 1.165) is 37.3 Å². The lowest BCUT2D eigenvalue weighted by molar-refractivity contribution is -0.345. The van der Waals surface area contributed by atoms with Crippen LogP contribution in [-0.2, 0) is 19.3 Å². The summed E-state index contributed by atoms with van der Waals surface area (Å²) < 4.78 is 0. The van der Waals surface area contributed by atoms with Crippen LogP contribution in [0.2, 0.25) is 0 Å². The van der Waals surface area contributed by atoms with Crippen molar-refractivity contribution in [1.82, 2.24) is 5.23 Å². The van der Waals surface area contributed by atoms with Gasteiger partial charge in [-0.2, -0.15) is 0 Å². The smallest absolute Gasteiger partial charge is 0.303 e. The second-order valence-electron chi connectivity index (χ2n) is 13.6. The van der Waals surface area contributed by atoms with Gasteiger partial charge in [0.25, 0.3) is 5.91 Å². The SMILES string of the molecule is CCCCCCCCCCCCCCCCCC(=O)N(OCCO)OCCO.CCCCCCCCCCCCCCCCCC(=O)O. The molecule has 0 aliphatic heterocycles. The van der Waals surface area contributed by atoms with E-state index in [9.17, 15) is 9.59 Å². The maximum Gasteiger partial charge on any atom is 0.303 e. The van der Waals surface area contributed by atoms with Crippen molar-refractivity contribution >= 4 is 11.9 Å². The first-order valence-electron chi connectivity index (χ1n) is 20.6. The zero-order valence-electron chi connectivity index (χ0n) is 31.9. The molecule has 0 aromatic heterocycles. The van der Waals surface area contributed by atoms with Gasteiger partial charge in [0.2, 0.25) is 0 Å². The Balaban J connectivity index is 0. The Labute approximate surface area is 297 Å². The molecule has 0 heterocycles. The third-order valence-electron chi connectivity index (χ3n) is 8.79. The molecule has 0 radical (unpaired) electrons. The first kappa shape index (κ1) is 48.9. The Hall–Kier alpha value is -1.22. The molecule has 0 saturated heterocycles.